The van der Waals surface area contributed by atoms with Crippen LogP contribution in [0.15, 0.2) is 12.7 Å². The van der Waals surface area contributed by atoms with E-state index in [4.69, 9.17) is 0 Å². The number of fused-ring (bicyclic) bond motifs is 2. The molecule has 0 amide bonds. The molecule has 3 nitrogen and oxygen atoms in total. The average molecular weight is 242 g/mol. The fourth-order valence-corrected chi connectivity index (χ4v) is 5.39. The van der Waals surface area contributed by atoms with E-state index in [2.05, 4.69) is 6.58 Å². The molecule has 2 saturated heterocycles. The summed E-state index contributed by atoms with van der Waals surface area (Å²) in [6.07, 6.45) is 5.62. The molecule has 2 atom stereocenters. The minimum absolute atomic E-state index is 0.0130. The standard InChI is InChI=1S/C12H18O3S/c1-2-3-4-12(13)9-7-10-5-6-11(8-9)16(10,14)15/h2,9-11H,1,3-8H2. The van der Waals surface area contributed by atoms with Crippen molar-refractivity contribution < 1.29 is 13.2 Å². The van der Waals surface area contributed by atoms with Crippen molar-refractivity contribution in [3.8, 4) is 0 Å². The van der Waals surface area contributed by atoms with Gasteiger partial charge in [0.05, 0.1) is 10.5 Å². The highest BCUT2D eigenvalue weighted by atomic mass is 32.2. The molecule has 0 spiro atoms. The highest BCUT2D eigenvalue weighted by Crippen LogP contribution is 2.41. The van der Waals surface area contributed by atoms with Crippen molar-refractivity contribution in [1.29, 1.82) is 0 Å². The molecule has 4 heteroatoms. The Kier molecular flexibility index (Phi) is 3.19. The van der Waals surface area contributed by atoms with Crippen LogP contribution in [0.2, 0.25) is 0 Å². The van der Waals surface area contributed by atoms with Gasteiger partial charge in [0.25, 0.3) is 0 Å². The van der Waals surface area contributed by atoms with Crippen LogP contribution in [0, 0.1) is 5.92 Å². The summed E-state index contributed by atoms with van der Waals surface area (Å²) in [6.45, 7) is 3.60. The smallest absolute Gasteiger partial charge is 0.156 e. The third kappa shape index (κ3) is 1.95. The highest BCUT2D eigenvalue weighted by molar-refractivity contribution is 7.93. The molecule has 2 unspecified atom stereocenters. The molecule has 2 aliphatic rings. The van der Waals surface area contributed by atoms with Gasteiger partial charge in [0.2, 0.25) is 0 Å². The van der Waals surface area contributed by atoms with Crippen LogP contribution in [0.4, 0.5) is 0 Å². The molecule has 0 aromatic carbocycles. The van der Waals surface area contributed by atoms with Gasteiger partial charge in [-0.15, -0.1) is 6.58 Å². The third-order valence-electron chi connectivity index (χ3n) is 3.88. The number of sulfone groups is 1. The second-order valence-electron chi connectivity index (χ2n) is 4.87. The zero-order valence-corrected chi connectivity index (χ0v) is 10.2. The lowest BCUT2D eigenvalue weighted by Crippen LogP contribution is -2.36. The van der Waals surface area contributed by atoms with Gasteiger partial charge >= 0.3 is 0 Å². The molecular formula is C12H18O3S. The summed E-state index contributed by atoms with van der Waals surface area (Å²) < 4.78 is 23.7. The molecule has 0 aromatic rings. The molecule has 90 valence electrons. The van der Waals surface area contributed by atoms with E-state index < -0.39 is 9.84 Å². The summed E-state index contributed by atoms with van der Waals surface area (Å²) >= 11 is 0. The van der Waals surface area contributed by atoms with Crippen molar-refractivity contribution in [3.05, 3.63) is 12.7 Å². The van der Waals surface area contributed by atoms with Crippen molar-refractivity contribution in [1.82, 2.24) is 0 Å². The summed E-state index contributed by atoms with van der Waals surface area (Å²) in [5, 5.41) is -0.465. The number of hydrogen-bond acceptors (Lipinski definition) is 3. The Morgan fingerprint density at radius 3 is 2.31 bits per heavy atom. The van der Waals surface area contributed by atoms with Gasteiger partial charge in [0.1, 0.15) is 5.78 Å². The average Bonchev–Trinajstić information content (AvgIpc) is 2.47. The second kappa shape index (κ2) is 4.32. The van der Waals surface area contributed by atoms with Crippen molar-refractivity contribution in [2.45, 2.75) is 49.0 Å². The van der Waals surface area contributed by atoms with Crippen LogP contribution in [0.1, 0.15) is 38.5 Å². The maximum absolute atomic E-state index is 11.8. The van der Waals surface area contributed by atoms with E-state index in [9.17, 15) is 13.2 Å². The lowest BCUT2D eigenvalue weighted by molar-refractivity contribution is -0.123. The van der Waals surface area contributed by atoms with Gasteiger partial charge in [-0.3, -0.25) is 4.79 Å². The van der Waals surface area contributed by atoms with E-state index in [0.29, 0.717) is 25.7 Å². The maximum atomic E-state index is 11.8. The maximum Gasteiger partial charge on any atom is 0.156 e. The molecule has 0 aliphatic carbocycles. The first-order valence-electron chi connectivity index (χ1n) is 5.92. The van der Waals surface area contributed by atoms with E-state index in [-0.39, 0.29) is 22.2 Å². The Morgan fingerprint density at radius 2 is 1.81 bits per heavy atom. The van der Waals surface area contributed by atoms with Gasteiger partial charge in [0, 0.05) is 12.3 Å². The number of Topliss-reactive ketones (excluding diaryl/α,β-unsaturated/α-hetero) is 1. The van der Waals surface area contributed by atoms with Crippen LogP contribution < -0.4 is 0 Å². The Balaban J connectivity index is 2.03. The molecule has 2 bridgehead atoms. The fourth-order valence-electron chi connectivity index (χ4n) is 2.92. The first kappa shape index (κ1) is 11.8. The number of carbonyl (C=O) groups is 1. The largest absolute Gasteiger partial charge is 0.299 e. The number of rotatable bonds is 4. The van der Waals surface area contributed by atoms with Gasteiger partial charge < -0.3 is 0 Å². The van der Waals surface area contributed by atoms with Gasteiger partial charge in [-0.25, -0.2) is 8.42 Å². The minimum Gasteiger partial charge on any atom is -0.299 e. The molecule has 2 fully saturated rings. The topological polar surface area (TPSA) is 51.2 Å². The van der Waals surface area contributed by atoms with Crippen LogP contribution in [-0.4, -0.2) is 24.7 Å². The summed E-state index contributed by atoms with van der Waals surface area (Å²) in [7, 11) is -2.89. The highest BCUT2D eigenvalue weighted by Gasteiger charge is 2.48. The van der Waals surface area contributed by atoms with E-state index in [0.717, 1.165) is 12.8 Å². The zero-order chi connectivity index (χ0) is 11.8. The van der Waals surface area contributed by atoms with Crippen molar-refractivity contribution in [3.63, 3.8) is 0 Å². The molecule has 0 radical (unpaired) electrons. The minimum atomic E-state index is -2.89. The van der Waals surface area contributed by atoms with Crippen molar-refractivity contribution in [2.24, 2.45) is 5.92 Å². The predicted molar refractivity (Wildman–Crippen MR) is 62.9 cm³/mol. The molecule has 16 heavy (non-hydrogen) atoms. The van der Waals surface area contributed by atoms with Crippen LogP contribution in [0.25, 0.3) is 0 Å². The number of carbonyl (C=O) groups excluding carboxylic acids is 1. The molecule has 0 N–H and O–H groups in total. The summed E-state index contributed by atoms with van der Waals surface area (Å²) in [5.74, 6) is 0.215. The van der Waals surface area contributed by atoms with Crippen molar-refractivity contribution >= 4 is 15.6 Å². The Labute approximate surface area is 96.8 Å². The van der Waals surface area contributed by atoms with E-state index in [1.165, 1.54) is 0 Å². The van der Waals surface area contributed by atoms with Gasteiger partial charge in [-0.2, -0.15) is 0 Å². The van der Waals surface area contributed by atoms with E-state index >= 15 is 0 Å². The fraction of sp³-hybridized carbons (Fsp3) is 0.750. The van der Waals surface area contributed by atoms with E-state index in [1.54, 1.807) is 6.08 Å². The summed E-state index contributed by atoms with van der Waals surface area (Å²) in [5.41, 5.74) is 0. The number of ketones is 1. The summed E-state index contributed by atoms with van der Waals surface area (Å²) in [6, 6.07) is 0. The first-order chi connectivity index (χ1) is 7.55. The van der Waals surface area contributed by atoms with Crippen LogP contribution in [-0.2, 0) is 14.6 Å². The van der Waals surface area contributed by atoms with Crippen molar-refractivity contribution in [2.75, 3.05) is 0 Å². The van der Waals surface area contributed by atoms with Crippen LogP contribution in [0.5, 0.6) is 0 Å². The molecular weight excluding hydrogens is 224 g/mol. The number of allylic oxidation sites excluding steroid dienone is 1. The Hall–Kier alpha value is -0.640. The van der Waals surface area contributed by atoms with Gasteiger partial charge in [0.15, 0.2) is 9.84 Å². The Bertz CT molecular complexity index is 376. The molecule has 2 rings (SSSR count). The lowest BCUT2D eigenvalue weighted by Gasteiger charge is -2.26. The molecule has 2 aliphatic heterocycles. The van der Waals surface area contributed by atoms with Gasteiger partial charge in [-0.05, 0) is 32.1 Å². The molecule has 0 aromatic heterocycles. The van der Waals surface area contributed by atoms with Crippen LogP contribution in [0.3, 0.4) is 0 Å². The second-order valence-corrected chi connectivity index (χ2v) is 7.38. The summed E-state index contributed by atoms with van der Waals surface area (Å²) in [4.78, 5) is 11.8. The monoisotopic (exact) mass is 242 g/mol. The normalized spacial score (nSPS) is 35.9. The van der Waals surface area contributed by atoms with Crippen LogP contribution >= 0.6 is 0 Å². The quantitative estimate of drug-likeness (QED) is 0.707. The lowest BCUT2D eigenvalue weighted by atomic mass is 9.92. The third-order valence-corrected chi connectivity index (χ3v) is 6.60. The van der Waals surface area contributed by atoms with E-state index in [1.807, 2.05) is 0 Å². The SMILES string of the molecule is C=CCCC(=O)C1CC2CCC(C1)S2(=O)=O. The number of hydrogen-bond donors (Lipinski definition) is 0. The molecule has 0 saturated carbocycles. The van der Waals surface area contributed by atoms with Gasteiger partial charge in [-0.1, -0.05) is 6.08 Å². The Morgan fingerprint density at radius 1 is 1.25 bits per heavy atom. The first-order valence-corrected chi connectivity index (χ1v) is 7.53. The zero-order valence-electron chi connectivity index (χ0n) is 9.39. The molecule has 2 heterocycles. The predicted octanol–water partition coefficient (Wildman–Crippen LogP) is 1.88.